The molecule has 44 heavy (non-hydrogen) atoms. The molecule has 0 radical (unpaired) electrons. The number of hydrogen-bond donors (Lipinski definition) is 0. The second kappa shape index (κ2) is 12.2. The molecule has 0 spiro atoms. The van der Waals surface area contributed by atoms with Gasteiger partial charge in [0.2, 0.25) is 0 Å². The van der Waals surface area contributed by atoms with E-state index in [2.05, 4.69) is 56.1 Å². The normalized spacial score (nSPS) is 15.7. The first-order valence-corrected chi connectivity index (χ1v) is 16.8. The number of aromatic nitrogens is 1. The summed E-state index contributed by atoms with van der Waals surface area (Å²) in [6, 6.07) is 27.6. The zero-order chi connectivity index (χ0) is 30.4. The number of para-hydroxylation sites is 1. The zero-order valence-electron chi connectivity index (χ0n) is 23.5. The predicted octanol–water partition coefficient (Wildman–Crippen LogP) is 8.08. The highest BCUT2D eigenvalue weighted by atomic mass is 79.9. The van der Waals surface area contributed by atoms with Crippen molar-refractivity contribution in [2.75, 3.05) is 7.11 Å². The molecule has 0 amide bonds. The molecule has 1 aliphatic carbocycles. The molecule has 1 atom stereocenters. The maximum Gasteiger partial charge on any atom is 0.271 e. The van der Waals surface area contributed by atoms with Crippen molar-refractivity contribution < 1.29 is 9.47 Å². The van der Waals surface area contributed by atoms with Crippen LogP contribution in [0.3, 0.4) is 0 Å². The SMILES string of the molecule is COc1ccccc1[C@@H]1C2=C(N=c3s/c(=C/c4cc(Br)c(OCc5ccccc5Cl)c(Br)c4)c(=O)n31)c1ccccc1CC2. The highest BCUT2D eigenvalue weighted by Crippen LogP contribution is 2.43. The first-order valence-electron chi connectivity index (χ1n) is 14.0. The van der Waals surface area contributed by atoms with E-state index < -0.39 is 0 Å². The van der Waals surface area contributed by atoms with Gasteiger partial charge in [-0.1, -0.05) is 83.6 Å². The van der Waals surface area contributed by atoms with Gasteiger partial charge in [-0.05, 0) is 91.7 Å². The van der Waals surface area contributed by atoms with Crippen LogP contribution in [-0.4, -0.2) is 11.7 Å². The molecule has 1 aromatic heterocycles. The minimum atomic E-state index is -0.313. The van der Waals surface area contributed by atoms with Crippen molar-refractivity contribution >= 4 is 66.6 Å². The summed E-state index contributed by atoms with van der Waals surface area (Å²) in [4.78, 5) is 20.0. The van der Waals surface area contributed by atoms with Gasteiger partial charge in [0.05, 0.1) is 32.3 Å². The standard InChI is InChI=1S/C35H25Br2ClN2O3S/c1-42-29-13-7-5-11-24(29)32-25-15-14-21-8-2-4-10-23(21)31(25)39-35-40(32)34(41)30(44-35)18-20-16-26(36)33(27(37)17-20)43-19-22-9-3-6-12-28(22)38/h2-13,16-18,32H,14-15,19H2,1H3/b30-18+/t32-/m1/s1. The van der Waals surface area contributed by atoms with Gasteiger partial charge in [0.15, 0.2) is 4.80 Å². The summed E-state index contributed by atoms with van der Waals surface area (Å²) in [7, 11) is 1.67. The monoisotopic (exact) mass is 746 g/mol. The first-order chi connectivity index (χ1) is 21.4. The van der Waals surface area contributed by atoms with Gasteiger partial charge < -0.3 is 9.47 Å². The summed E-state index contributed by atoms with van der Waals surface area (Å²) in [6.07, 6.45) is 3.62. The zero-order valence-corrected chi connectivity index (χ0v) is 28.3. The van der Waals surface area contributed by atoms with E-state index in [-0.39, 0.29) is 11.6 Å². The van der Waals surface area contributed by atoms with E-state index in [4.69, 9.17) is 26.1 Å². The van der Waals surface area contributed by atoms with Gasteiger partial charge in [-0.3, -0.25) is 9.36 Å². The summed E-state index contributed by atoms with van der Waals surface area (Å²) in [5, 5.41) is 0.656. The van der Waals surface area contributed by atoms with E-state index in [0.717, 1.165) is 61.1 Å². The maximum atomic E-state index is 14.2. The fraction of sp³-hybridized carbons (Fsp3) is 0.143. The molecular formula is C35H25Br2ClN2O3S. The Morgan fingerprint density at radius 3 is 2.52 bits per heavy atom. The molecule has 5 aromatic rings. The van der Waals surface area contributed by atoms with Crippen LogP contribution < -0.4 is 24.4 Å². The van der Waals surface area contributed by atoms with Crippen LogP contribution in [0.1, 0.15) is 40.3 Å². The van der Waals surface area contributed by atoms with Crippen LogP contribution in [0, 0.1) is 0 Å². The third-order valence-electron chi connectivity index (χ3n) is 7.95. The van der Waals surface area contributed by atoms with Gasteiger partial charge in [-0.2, -0.15) is 0 Å². The molecule has 2 aliphatic rings. The third-order valence-corrected chi connectivity index (χ3v) is 10.5. The van der Waals surface area contributed by atoms with Crippen molar-refractivity contribution in [2.24, 2.45) is 4.99 Å². The lowest BCUT2D eigenvalue weighted by Crippen LogP contribution is -2.39. The Kier molecular flexibility index (Phi) is 8.10. The second-order valence-electron chi connectivity index (χ2n) is 10.5. The molecule has 2 heterocycles. The van der Waals surface area contributed by atoms with Gasteiger partial charge in [0, 0.05) is 21.7 Å². The minimum Gasteiger partial charge on any atom is -0.496 e. The molecule has 0 saturated carbocycles. The van der Waals surface area contributed by atoms with Crippen LogP contribution in [0.4, 0.5) is 0 Å². The van der Waals surface area contributed by atoms with Crippen molar-refractivity contribution in [3.63, 3.8) is 0 Å². The summed E-state index contributed by atoms with van der Waals surface area (Å²) >= 11 is 15.0. The molecule has 0 saturated heterocycles. The summed E-state index contributed by atoms with van der Waals surface area (Å²) in [6.45, 7) is 0.325. The van der Waals surface area contributed by atoms with Gasteiger partial charge >= 0.3 is 0 Å². The van der Waals surface area contributed by atoms with Crippen LogP contribution in [-0.2, 0) is 13.0 Å². The van der Waals surface area contributed by atoms with Crippen molar-refractivity contribution in [1.82, 2.24) is 4.57 Å². The Labute approximate surface area is 280 Å². The Balaban J connectivity index is 1.34. The lowest BCUT2D eigenvalue weighted by atomic mass is 9.83. The molecule has 7 rings (SSSR count). The molecule has 220 valence electrons. The van der Waals surface area contributed by atoms with E-state index in [1.54, 1.807) is 7.11 Å². The van der Waals surface area contributed by atoms with E-state index >= 15 is 0 Å². The van der Waals surface area contributed by atoms with Crippen molar-refractivity contribution in [1.29, 1.82) is 0 Å². The number of hydrogen-bond acceptors (Lipinski definition) is 5. The number of fused-ring (bicyclic) bond motifs is 3. The van der Waals surface area contributed by atoms with E-state index in [9.17, 15) is 4.79 Å². The predicted molar refractivity (Wildman–Crippen MR) is 183 cm³/mol. The molecule has 0 unspecified atom stereocenters. The summed E-state index contributed by atoms with van der Waals surface area (Å²) in [5.74, 6) is 1.41. The van der Waals surface area contributed by atoms with E-state index in [1.165, 1.54) is 16.9 Å². The lowest BCUT2D eigenvalue weighted by Gasteiger charge is -2.31. The number of aryl methyl sites for hydroxylation is 1. The van der Waals surface area contributed by atoms with Gasteiger partial charge in [-0.25, -0.2) is 4.99 Å². The molecule has 1 aliphatic heterocycles. The quantitative estimate of drug-likeness (QED) is 0.177. The molecule has 0 bridgehead atoms. The molecule has 9 heteroatoms. The molecule has 5 nitrogen and oxygen atoms in total. The van der Waals surface area contributed by atoms with Crippen LogP contribution in [0.15, 0.2) is 109 Å². The third kappa shape index (κ3) is 5.28. The smallest absolute Gasteiger partial charge is 0.271 e. The van der Waals surface area contributed by atoms with Crippen LogP contribution in [0.2, 0.25) is 5.02 Å². The average molecular weight is 749 g/mol. The highest BCUT2D eigenvalue weighted by molar-refractivity contribution is 9.11. The highest BCUT2D eigenvalue weighted by Gasteiger charge is 2.34. The molecular weight excluding hydrogens is 724 g/mol. The number of methoxy groups -OCH3 is 1. The molecule has 4 aromatic carbocycles. The van der Waals surface area contributed by atoms with Crippen LogP contribution >= 0.6 is 54.8 Å². The maximum absolute atomic E-state index is 14.2. The number of halogens is 3. The van der Waals surface area contributed by atoms with Crippen molar-refractivity contribution in [3.8, 4) is 11.5 Å². The Morgan fingerprint density at radius 2 is 1.73 bits per heavy atom. The van der Waals surface area contributed by atoms with E-state index in [0.29, 0.717) is 26.7 Å². The molecule has 0 fully saturated rings. The number of ether oxygens (including phenoxy) is 2. The Morgan fingerprint density at radius 1 is 1.00 bits per heavy atom. The number of benzene rings is 4. The minimum absolute atomic E-state index is 0.0821. The fourth-order valence-electron chi connectivity index (χ4n) is 5.91. The Hall–Kier alpha value is -3.43. The Bertz CT molecular complexity index is 2130. The average Bonchev–Trinajstić information content (AvgIpc) is 3.34. The largest absolute Gasteiger partial charge is 0.496 e. The van der Waals surface area contributed by atoms with Gasteiger partial charge in [-0.15, -0.1) is 0 Å². The van der Waals surface area contributed by atoms with Crippen molar-refractivity contribution in [3.05, 3.63) is 152 Å². The van der Waals surface area contributed by atoms with Crippen molar-refractivity contribution in [2.45, 2.75) is 25.5 Å². The fourth-order valence-corrected chi connectivity index (χ4v) is 8.55. The summed E-state index contributed by atoms with van der Waals surface area (Å²) in [5.41, 5.74) is 7.12. The summed E-state index contributed by atoms with van der Waals surface area (Å²) < 4.78 is 15.9. The number of nitrogens with zero attached hydrogens (tertiary/aromatic N) is 2. The lowest BCUT2D eigenvalue weighted by molar-refractivity contribution is 0.302. The van der Waals surface area contributed by atoms with E-state index in [1.807, 2.05) is 71.3 Å². The number of allylic oxidation sites excluding steroid dienone is 1. The molecule has 0 N–H and O–H groups in total. The second-order valence-corrected chi connectivity index (χ2v) is 13.7. The first kappa shape index (κ1) is 29.3. The number of rotatable bonds is 6. The van der Waals surface area contributed by atoms with Crippen LogP contribution in [0.25, 0.3) is 11.8 Å². The van der Waals surface area contributed by atoms with Crippen LogP contribution in [0.5, 0.6) is 11.5 Å². The number of thiazole rings is 1. The topological polar surface area (TPSA) is 52.8 Å². The van der Waals surface area contributed by atoms with Gasteiger partial charge in [0.25, 0.3) is 5.56 Å². The van der Waals surface area contributed by atoms with Gasteiger partial charge in [0.1, 0.15) is 18.1 Å².